The Bertz CT molecular complexity index is 509. The second-order valence-electron chi connectivity index (χ2n) is 4.73. The van der Waals surface area contributed by atoms with Crippen LogP contribution in [-0.2, 0) is 10.0 Å². The number of nitrogens with zero attached hydrogens (tertiary/aromatic N) is 1. The minimum absolute atomic E-state index is 0.0965. The molecular formula is C12H19FN2O2S. The number of benzene rings is 1. The molecule has 0 saturated carbocycles. The summed E-state index contributed by atoms with van der Waals surface area (Å²) in [6.07, 6.45) is 0. The second kappa shape index (κ2) is 5.24. The maximum atomic E-state index is 13.2. The van der Waals surface area contributed by atoms with E-state index in [9.17, 15) is 12.8 Å². The van der Waals surface area contributed by atoms with Gasteiger partial charge in [-0.25, -0.2) is 12.8 Å². The number of hydrogen-bond acceptors (Lipinski definition) is 3. The predicted molar refractivity (Wildman–Crippen MR) is 70.1 cm³/mol. The SMILES string of the molecule is CC(C)C(C)N(C)S(=O)(=O)c1cc(N)cc(F)c1. The van der Waals surface area contributed by atoms with E-state index < -0.39 is 15.8 Å². The molecule has 0 aliphatic carbocycles. The maximum absolute atomic E-state index is 13.2. The lowest BCUT2D eigenvalue weighted by molar-refractivity contribution is 0.315. The molecule has 0 aromatic heterocycles. The molecule has 0 heterocycles. The van der Waals surface area contributed by atoms with Gasteiger partial charge in [0.25, 0.3) is 0 Å². The zero-order valence-corrected chi connectivity index (χ0v) is 11.8. The van der Waals surface area contributed by atoms with Crippen LogP contribution in [0.25, 0.3) is 0 Å². The lowest BCUT2D eigenvalue weighted by atomic mass is 10.1. The van der Waals surface area contributed by atoms with Gasteiger partial charge in [0, 0.05) is 18.8 Å². The molecule has 0 bridgehead atoms. The zero-order chi connectivity index (χ0) is 14.1. The van der Waals surface area contributed by atoms with Crippen LogP contribution >= 0.6 is 0 Å². The number of anilines is 1. The Morgan fingerprint density at radius 1 is 1.22 bits per heavy atom. The first-order valence-corrected chi connectivity index (χ1v) is 7.14. The van der Waals surface area contributed by atoms with Gasteiger partial charge in [-0.3, -0.25) is 0 Å². The van der Waals surface area contributed by atoms with Crippen LogP contribution in [0.3, 0.4) is 0 Å². The van der Waals surface area contributed by atoms with Gasteiger partial charge in [0.1, 0.15) is 5.82 Å². The van der Waals surface area contributed by atoms with Gasteiger partial charge in [-0.05, 0) is 31.0 Å². The van der Waals surface area contributed by atoms with Gasteiger partial charge in [0.05, 0.1) is 4.90 Å². The maximum Gasteiger partial charge on any atom is 0.243 e. The Hall–Kier alpha value is -1.14. The summed E-state index contributed by atoms with van der Waals surface area (Å²) < 4.78 is 39.0. The molecule has 0 aliphatic heterocycles. The third-order valence-electron chi connectivity index (χ3n) is 3.11. The molecule has 1 aromatic rings. The average molecular weight is 274 g/mol. The molecule has 1 rings (SSSR count). The summed E-state index contributed by atoms with van der Waals surface area (Å²) in [5.74, 6) is -0.491. The van der Waals surface area contributed by atoms with E-state index in [1.165, 1.54) is 17.4 Å². The highest BCUT2D eigenvalue weighted by molar-refractivity contribution is 7.89. The number of sulfonamides is 1. The minimum atomic E-state index is -3.71. The van der Waals surface area contributed by atoms with Crippen molar-refractivity contribution in [1.29, 1.82) is 0 Å². The highest BCUT2D eigenvalue weighted by Crippen LogP contribution is 2.22. The predicted octanol–water partition coefficient (Wildman–Crippen LogP) is 2.07. The van der Waals surface area contributed by atoms with Crippen molar-refractivity contribution in [3.8, 4) is 0 Å². The summed E-state index contributed by atoms with van der Waals surface area (Å²) >= 11 is 0. The molecule has 102 valence electrons. The molecule has 1 aromatic carbocycles. The van der Waals surface area contributed by atoms with Gasteiger partial charge < -0.3 is 5.73 Å². The van der Waals surface area contributed by atoms with E-state index in [-0.39, 0.29) is 22.5 Å². The highest BCUT2D eigenvalue weighted by Gasteiger charge is 2.27. The van der Waals surface area contributed by atoms with Crippen molar-refractivity contribution in [2.75, 3.05) is 12.8 Å². The van der Waals surface area contributed by atoms with Crippen LogP contribution in [0.15, 0.2) is 23.1 Å². The molecule has 4 nitrogen and oxygen atoms in total. The van der Waals surface area contributed by atoms with Crippen molar-refractivity contribution in [2.45, 2.75) is 31.7 Å². The van der Waals surface area contributed by atoms with Gasteiger partial charge in [0.15, 0.2) is 0 Å². The second-order valence-corrected chi connectivity index (χ2v) is 6.72. The number of nitrogen functional groups attached to an aromatic ring is 1. The third-order valence-corrected chi connectivity index (χ3v) is 5.03. The van der Waals surface area contributed by atoms with E-state index in [0.29, 0.717) is 0 Å². The van der Waals surface area contributed by atoms with Gasteiger partial charge in [-0.2, -0.15) is 4.31 Å². The topological polar surface area (TPSA) is 63.4 Å². The quantitative estimate of drug-likeness (QED) is 0.855. The van der Waals surface area contributed by atoms with E-state index in [1.807, 2.05) is 20.8 Å². The fourth-order valence-corrected chi connectivity index (χ4v) is 3.10. The van der Waals surface area contributed by atoms with Crippen molar-refractivity contribution < 1.29 is 12.8 Å². The Morgan fingerprint density at radius 2 is 1.78 bits per heavy atom. The van der Waals surface area contributed by atoms with Crippen LogP contribution in [-0.4, -0.2) is 25.8 Å². The molecule has 1 atom stereocenters. The van der Waals surface area contributed by atoms with Crippen LogP contribution in [0.2, 0.25) is 0 Å². The highest BCUT2D eigenvalue weighted by atomic mass is 32.2. The summed E-state index contributed by atoms with van der Waals surface area (Å²) in [6, 6.07) is 3.15. The molecule has 0 fully saturated rings. The lowest BCUT2D eigenvalue weighted by Crippen LogP contribution is -2.38. The van der Waals surface area contributed by atoms with Crippen LogP contribution < -0.4 is 5.73 Å². The number of halogens is 1. The first kappa shape index (κ1) is 14.9. The molecule has 0 radical (unpaired) electrons. The van der Waals surface area contributed by atoms with Crippen molar-refractivity contribution in [2.24, 2.45) is 5.92 Å². The number of rotatable bonds is 4. The van der Waals surface area contributed by atoms with Crippen LogP contribution in [0.4, 0.5) is 10.1 Å². The Kier molecular flexibility index (Phi) is 4.34. The van der Waals surface area contributed by atoms with Crippen molar-refractivity contribution in [3.05, 3.63) is 24.0 Å². The van der Waals surface area contributed by atoms with Crippen molar-refractivity contribution in [3.63, 3.8) is 0 Å². The summed E-state index contributed by atoms with van der Waals surface area (Å²) in [5, 5.41) is 0. The molecule has 6 heteroatoms. The fourth-order valence-electron chi connectivity index (χ4n) is 1.54. The van der Waals surface area contributed by atoms with Gasteiger partial charge in [-0.1, -0.05) is 13.8 Å². The number of hydrogen-bond donors (Lipinski definition) is 1. The Balaban J connectivity index is 3.21. The van der Waals surface area contributed by atoms with E-state index in [4.69, 9.17) is 5.73 Å². The van der Waals surface area contributed by atoms with E-state index in [1.54, 1.807) is 0 Å². The normalized spacial score (nSPS) is 14.2. The molecule has 0 spiro atoms. The first-order valence-electron chi connectivity index (χ1n) is 5.70. The van der Waals surface area contributed by atoms with E-state index >= 15 is 0 Å². The summed E-state index contributed by atoms with van der Waals surface area (Å²) in [7, 11) is -2.23. The summed E-state index contributed by atoms with van der Waals surface area (Å²) in [6.45, 7) is 5.66. The standard InChI is InChI=1S/C12H19FN2O2S/c1-8(2)9(3)15(4)18(16,17)12-6-10(13)5-11(14)7-12/h5-9H,14H2,1-4H3. The molecule has 2 N–H and O–H groups in total. The summed E-state index contributed by atoms with van der Waals surface area (Å²) in [4.78, 5) is -0.116. The molecular weight excluding hydrogens is 255 g/mol. The smallest absolute Gasteiger partial charge is 0.243 e. The largest absolute Gasteiger partial charge is 0.399 e. The molecule has 0 aliphatic rings. The average Bonchev–Trinajstić information content (AvgIpc) is 2.25. The third kappa shape index (κ3) is 3.00. The fraction of sp³-hybridized carbons (Fsp3) is 0.500. The van der Waals surface area contributed by atoms with Crippen molar-refractivity contribution >= 4 is 15.7 Å². The number of nitrogens with two attached hydrogens (primary N) is 1. The molecule has 18 heavy (non-hydrogen) atoms. The first-order chi connectivity index (χ1) is 8.16. The van der Waals surface area contributed by atoms with Gasteiger partial charge >= 0.3 is 0 Å². The van der Waals surface area contributed by atoms with Crippen LogP contribution in [0.5, 0.6) is 0 Å². The minimum Gasteiger partial charge on any atom is -0.399 e. The van der Waals surface area contributed by atoms with Crippen LogP contribution in [0, 0.1) is 11.7 Å². The van der Waals surface area contributed by atoms with E-state index in [2.05, 4.69) is 0 Å². The summed E-state index contributed by atoms with van der Waals surface area (Å²) in [5.41, 5.74) is 5.57. The zero-order valence-electron chi connectivity index (χ0n) is 11.0. The Labute approximate surface area is 108 Å². The molecule has 0 amide bonds. The molecule has 1 unspecified atom stereocenters. The van der Waals surface area contributed by atoms with Crippen LogP contribution in [0.1, 0.15) is 20.8 Å². The Morgan fingerprint density at radius 3 is 2.22 bits per heavy atom. The van der Waals surface area contributed by atoms with Gasteiger partial charge in [-0.15, -0.1) is 0 Å². The molecule has 0 saturated heterocycles. The van der Waals surface area contributed by atoms with E-state index in [0.717, 1.165) is 12.1 Å². The monoisotopic (exact) mass is 274 g/mol. The van der Waals surface area contributed by atoms with Crippen molar-refractivity contribution in [1.82, 2.24) is 4.31 Å². The van der Waals surface area contributed by atoms with Gasteiger partial charge in [0.2, 0.25) is 10.0 Å². The lowest BCUT2D eigenvalue weighted by Gasteiger charge is -2.27.